The fraction of sp³-hybridized carbons (Fsp3) is 0.0952. The van der Waals surface area contributed by atoms with Crippen LogP contribution in [-0.2, 0) is 21.4 Å². The molecule has 10 heteroatoms. The van der Waals surface area contributed by atoms with Crippen LogP contribution in [0.4, 0.5) is 5.69 Å². The summed E-state index contributed by atoms with van der Waals surface area (Å²) in [5.41, 5.74) is 1.05. The van der Waals surface area contributed by atoms with E-state index in [0.717, 1.165) is 8.78 Å². The first-order valence-corrected chi connectivity index (χ1v) is 12.3. The molecule has 0 bridgehead atoms. The molecule has 0 aliphatic rings. The Bertz CT molecular complexity index is 1200. The van der Waals surface area contributed by atoms with Crippen molar-refractivity contribution in [3.8, 4) is 0 Å². The minimum Gasteiger partial charge on any atom is -0.325 e. The van der Waals surface area contributed by atoms with E-state index in [1.807, 2.05) is 0 Å². The van der Waals surface area contributed by atoms with Gasteiger partial charge in [0.25, 0.3) is 0 Å². The van der Waals surface area contributed by atoms with E-state index in [2.05, 4.69) is 21.2 Å². The number of carbonyl (C=O) groups is 1. The van der Waals surface area contributed by atoms with E-state index in [4.69, 9.17) is 34.8 Å². The lowest BCUT2D eigenvalue weighted by Crippen LogP contribution is -2.37. The topological polar surface area (TPSA) is 66.5 Å². The molecule has 0 unspecified atom stereocenters. The lowest BCUT2D eigenvalue weighted by atomic mass is 10.2. The third-order valence-electron chi connectivity index (χ3n) is 4.22. The van der Waals surface area contributed by atoms with Gasteiger partial charge >= 0.3 is 0 Å². The fourth-order valence-corrected chi connectivity index (χ4v) is 4.91. The van der Waals surface area contributed by atoms with Crippen molar-refractivity contribution in [1.29, 1.82) is 0 Å². The van der Waals surface area contributed by atoms with E-state index in [0.29, 0.717) is 26.3 Å². The monoisotopic (exact) mass is 560 g/mol. The molecular weight excluding hydrogens is 547 g/mol. The van der Waals surface area contributed by atoms with Crippen molar-refractivity contribution >= 4 is 72.4 Å². The highest BCUT2D eigenvalue weighted by molar-refractivity contribution is 9.10. The van der Waals surface area contributed by atoms with Crippen molar-refractivity contribution < 1.29 is 13.2 Å². The summed E-state index contributed by atoms with van der Waals surface area (Å²) in [6.45, 7) is -0.483. The molecule has 0 aliphatic heterocycles. The van der Waals surface area contributed by atoms with Gasteiger partial charge in [-0.05, 0) is 60.2 Å². The summed E-state index contributed by atoms with van der Waals surface area (Å²) in [4.78, 5) is 12.7. The number of hydrogen-bond acceptors (Lipinski definition) is 3. The maximum Gasteiger partial charge on any atom is 0.243 e. The molecule has 0 aromatic heterocycles. The predicted octanol–water partition coefficient (Wildman–Crippen LogP) is 6.24. The molecule has 0 atom stereocenters. The minimum absolute atomic E-state index is 0.0614. The van der Waals surface area contributed by atoms with Crippen molar-refractivity contribution in [3.63, 3.8) is 0 Å². The Morgan fingerprint density at radius 3 is 2.29 bits per heavy atom. The van der Waals surface area contributed by atoms with Crippen molar-refractivity contribution in [2.24, 2.45) is 0 Å². The van der Waals surface area contributed by atoms with Gasteiger partial charge in [0, 0.05) is 21.7 Å². The Labute approximate surface area is 204 Å². The predicted molar refractivity (Wildman–Crippen MR) is 128 cm³/mol. The number of rotatable bonds is 7. The van der Waals surface area contributed by atoms with Crippen LogP contribution in [0, 0.1) is 0 Å². The molecule has 0 radical (unpaired) electrons. The van der Waals surface area contributed by atoms with Gasteiger partial charge in [0.1, 0.15) is 0 Å². The summed E-state index contributed by atoms with van der Waals surface area (Å²) in [5.74, 6) is -0.511. The lowest BCUT2D eigenvalue weighted by molar-refractivity contribution is -0.116. The first-order chi connectivity index (χ1) is 14.6. The standard InChI is InChI=1S/C21H16BrCl3N2O3S/c22-15-5-7-18(8-6-15)31(29,30)27(12-14-4-9-19(24)20(25)10-14)13-21(28)26-17-3-1-2-16(23)11-17/h1-11H,12-13H2,(H,26,28). The summed E-state index contributed by atoms with van der Waals surface area (Å²) in [5, 5.41) is 3.77. The average molecular weight is 563 g/mol. The molecule has 3 rings (SSSR count). The molecule has 1 amide bonds. The summed E-state index contributed by atoms with van der Waals surface area (Å²) < 4.78 is 28.4. The number of sulfonamides is 1. The first-order valence-electron chi connectivity index (χ1n) is 8.90. The van der Waals surface area contributed by atoms with E-state index < -0.39 is 22.5 Å². The summed E-state index contributed by atoms with van der Waals surface area (Å²) >= 11 is 21.3. The van der Waals surface area contributed by atoms with Gasteiger partial charge in [-0.25, -0.2) is 8.42 Å². The molecule has 3 aromatic carbocycles. The first kappa shape index (κ1) is 24.0. The Hall–Kier alpha value is -1.61. The number of amides is 1. The van der Waals surface area contributed by atoms with Crippen LogP contribution in [0.25, 0.3) is 0 Å². The molecule has 0 fully saturated rings. The van der Waals surface area contributed by atoms with E-state index in [9.17, 15) is 13.2 Å². The van der Waals surface area contributed by atoms with Crippen LogP contribution in [0.3, 0.4) is 0 Å². The van der Waals surface area contributed by atoms with E-state index in [-0.39, 0.29) is 11.4 Å². The largest absolute Gasteiger partial charge is 0.325 e. The second kappa shape index (κ2) is 10.3. The molecule has 0 aliphatic carbocycles. The average Bonchev–Trinajstić information content (AvgIpc) is 2.70. The molecule has 0 spiro atoms. The zero-order valence-corrected chi connectivity index (χ0v) is 20.5. The van der Waals surface area contributed by atoms with Crippen molar-refractivity contribution in [1.82, 2.24) is 4.31 Å². The van der Waals surface area contributed by atoms with Gasteiger partial charge in [-0.1, -0.05) is 62.9 Å². The minimum atomic E-state index is -3.98. The van der Waals surface area contributed by atoms with Gasteiger partial charge < -0.3 is 5.32 Å². The number of benzene rings is 3. The number of carbonyl (C=O) groups excluding carboxylic acids is 1. The van der Waals surface area contributed by atoms with Crippen LogP contribution in [-0.4, -0.2) is 25.2 Å². The number of nitrogens with one attached hydrogen (secondary N) is 1. The van der Waals surface area contributed by atoms with Crippen LogP contribution < -0.4 is 5.32 Å². The van der Waals surface area contributed by atoms with Gasteiger partial charge in [-0.2, -0.15) is 4.31 Å². The molecule has 0 saturated carbocycles. The van der Waals surface area contributed by atoms with Gasteiger partial charge in [0.05, 0.1) is 21.5 Å². The van der Waals surface area contributed by atoms with E-state index in [1.165, 1.54) is 12.1 Å². The normalized spacial score (nSPS) is 11.5. The molecule has 5 nitrogen and oxygen atoms in total. The quantitative estimate of drug-likeness (QED) is 0.371. The second-order valence-electron chi connectivity index (χ2n) is 6.53. The molecular formula is C21H16BrCl3N2O3S. The maximum atomic E-state index is 13.3. The zero-order valence-electron chi connectivity index (χ0n) is 15.9. The molecule has 0 heterocycles. The van der Waals surface area contributed by atoms with Crippen LogP contribution in [0.1, 0.15) is 5.56 Å². The third kappa shape index (κ3) is 6.44. The molecule has 1 N–H and O–H groups in total. The maximum absolute atomic E-state index is 13.3. The SMILES string of the molecule is O=C(CN(Cc1ccc(Cl)c(Cl)c1)S(=O)(=O)c1ccc(Br)cc1)Nc1cccc(Cl)c1. The molecule has 162 valence electrons. The fourth-order valence-electron chi connectivity index (χ4n) is 2.75. The van der Waals surface area contributed by atoms with Gasteiger partial charge in [-0.15, -0.1) is 0 Å². The Kier molecular flexibility index (Phi) is 8.02. The van der Waals surface area contributed by atoms with Gasteiger partial charge in [-0.3, -0.25) is 4.79 Å². The molecule has 3 aromatic rings. The van der Waals surface area contributed by atoms with E-state index in [1.54, 1.807) is 54.6 Å². The smallest absolute Gasteiger partial charge is 0.243 e. The van der Waals surface area contributed by atoms with E-state index >= 15 is 0 Å². The van der Waals surface area contributed by atoms with Crippen LogP contribution >= 0.6 is 50.7 Å². The van der Waals surface area contributed by atoms with Gasteiger partial charge in [0.15, 0.2) is 0 Å². The highest BCUT2D eigenvalue weighted by Crippen LogP contribution is 2.26. The molecule has 31 heavy (non-hydrogen) atoms. The summed E-state index contributed by atoms with van der Waals surface area (Å²) in [6, 6.07) is 17.6. The number of hydrogen-bond donors (Lipinski definition) is 1. The summed E-state index contributed by atoms with van der Waals surface area (Å²) in [6.07, 6.45) is 0. The van der Waals surface area contributed by atoms with Gasteiger partial charge in [0.2, 0.25) is 15.9 Å². The Morgan fingerprint density at radius 2 is 1.65 bits per heavy atom. The highest BCUT2D eigenvalue weighted by atomic mass is 79.9. The van der Waals surface area contributed by atoms with Crippen LogP contribution in [0.2, 0.25) is 15.1 Å². The number of anilines is 1. The third-order valence-corrected chi connectivity index (χ3v) is 7.53. The highest BCUT2D eigenvalue weighted by Gasteiger charge is 2.27. The van der Waals surface area contributed by atoms with Crippen LogP contribution in [0.5, 0.6) is 0 Å². The number of halogens is 4. The van der Waals surface area contributed by atoms with Crippen LogP contribution in [0.15, 0.2) is 76.1 Å². The molecule has 0 saturated heterocycles. The van der Waals surface area contributed by atoms with Crippen molar-refractivity contribution in [2.45, 2.75) is 11.4 Å². The Balaban J connectivity index is 1.90. The lowest BCUT2D eigenvalue weighted by Gasteiger charge is -2.22. The zero-order chi connectivity index (χ0) is 22.6. The second-order valence-corrected chi connectivity index (χ2v) is 10.6. The van der Waals surface area contributed by atoms with Crippen molar-refractivity contribution in [2.75, 3.05) is 11.9 Å². The Morgan fingerprint density at radius 1 is 0.935 bits per heavy atom. The van der Waals surface area contributed by atoms with Crippen molar-refractivity contribution in [3.05, 3.63) is 91.8 Å². The summed E-state index contributed by atoms with van der Waals surface area (Å²) in [7, 11) is -3.98. The number of nitrogens with zero attached hydrogens (tertiary/aromatic N) is 1.